The van der Waals surface area contributed by atoms with Crippen LogP contribution in [-0.4, -0.2) is 32.4 Å². The minimum Gasteiger partial charge on any atom is -0.320 e. The van der Waals surface area contributed by atoms with E-state index < -0.39 is 10.0 Å². The van der Waals surface area contributed by atoms with E-state index in [2.05, 4.69) is 11.8 Å². The topological polar surface area (TPSA) is 63.4 Å². The Morgan fingerprint density at radius 3 is 2.58 bits per heavy atom. The molecular weight excluding hydrogens is 284 g/mol. The highest BCUT2D eigenvalue weighted by Gasteiger charge is 2.28. The van der Waals surface area contributed by atoms with E-state index in [1.807, 2.05) is 0 Å². The molecule has 1 aromatic rings. The van der Waals surface area contributed by atoms with Gasteiger partial charge in [0.1, 0.15) is 4.90 Å². The van der Waals surface area contributed by atoms with Crippen molar-refractivity contribution in [2.45, 2.75) is 17.7 Å². The van der Waals surface area contributed by atoms with Crippen LogP contribution in [-0.2, 0) is 10.0 Å². The standard InChI is InChI=1S/C13H15ClN2O2S/c14-12-10-11(4-3-7-15)5-6-13(12)19(17,18)16-8-1-2-9-16/h5-6,10H,1-2,7-9,15H2. The zero-order valence-corrected chi connectivity index (χ0v) is 12.0. The fourth-order valence-corrected chi connectivity index (χ4v) is 4.04. The Bertz CT molecular complexity index is 626. The highest BCUT2D eigenvalue weighted by Crippen LogP contribution is 2.27. The Morgan fingerprint density at radius 2 is 2.00 bits per heavy atom. The molecule has 1 aliphatic heterocycles. The van der Waals surface area contributed by atoms with Crippen LogP contribution in [0.5, 0.6) is 0 Å². The first-order chi connectivity index (χ1) is 9.05. The van der Waals surface area contributed by atoms with Crippen LogP contribution >= 0.6 is 11.6 Å². The first kappa shape index (κ1) is 14.4. The molecule has 0 aromatic heterocycles. The summed E-state index contributed by atoms with van der Waals surface area (Å²) < 4.78 is 26.2. The van der Waals surface area contributed by atoms with E-state index in [9.17, 15) is 8.42 Å². The summed E-state index contributed by atoms with van der Waals surface area (Å²) >= 11 is 6.07. The summed E-state index contributed by atoms with van der Waals surface area (Å²) in [7, 11) is -3.48. The number of hydrogen-bond donors (Lipinski definition) is 1. The summed E-state index contributed by atoms with van der Waals surface area (Å²) in [6.45, 7) is 1.38. The molecular formula is C13H15ClN2O2S. The van der Waals surface area contributed by atoms with Crippen molar-refractivity contribution in [3.05, 3.63) is 28.8 Å². The molecule has 1 aliphatic rings. The average Bonchev–Trinajstić information content (AvgIpc) is 2.90. The highest BCUT2D eigenvalue weighted by molar-refractivity contribution is 7.89. The lowest BCUT2D eigenvalue weighted by Gasteiger charge is -2.16. The maximum atomic E-state index is 12.4. The Hall–Kier alpha value is -1.06. The second-order valence-electron chi connectivity index (χ2n) is 4.26. The van der Waals surface area contributed by atoms with E-state index in [1.54, 1.807) is 12.1 Å². The normalized spacial score (nSPS) is 16.1. The largest absolute Gasteiger partial charge is 0.320 e. The molecule has 0 bridgehead atoms. The van der Waals surface area contributed by atoms with Gasteiger partial charge in [-0.15, -0.1) is 0 Å². The average molecular weight is 299 g/mol. The van der Waals surface area contributed by atoms with Crippen LogP contribution < -0.4 is 5.73 Å². The van der Waals surface area contributed by atoms with Gasteiger partial charge in [0.05, 0.1) is 11.6 Å². The molecule has 6 heteroatoms. The number of hydrogen-bond acceptors (Lipinski definition) is 3. The first-order valence-electron chi connectivity index (χ1n) is 6.04. The highest BCUT2D eigenvalue weighted by atomic mass is 35.5. The van der Waals surface area contributed by atoms with Gasteiger partial charge in [0.2, 0.25) is 10.0 Å². The Kier molecular flexibility index (Phi) is 4.48. The minimum absolute atomic E-state index is 0.148. The fourth-order valence-electron chi connectivity index (χ4n) is 2.01. The summed E-state index contributed by atoms with van der Waals surface area (Å²) in [5.74, 6) is 5.53. The van der Waals surface area contributed by atoms with Crippen LogP contribution in [0.3, 0.4) is 0 Å². The van der Waals surface area contributed by atoms with E-state index in [1.165, 1.54) is 10.4 Å². The van der Waals surface area contributed by atoms with Gasteiger partial charge in [-0.05, 0) is 31.0 Å². The molecule has 0 radical (unpaired) electrons. The molecule has 0 saturated carbocycles. The van der Waals surface area contributed by atoms with E-state index in [0.29, 0.717) is 18.7 Å². The molecule has 1 fully saturated rings. The second kappa shape index (κ2) is 5.93. The van der Waals surface area contributed by atoms with Crippen molar-refractivity contribution < 1.29 is 8.42 Å². The van der Waals surface area contributed by atoms with Crippen molar-refractivity contribution in [2.24, 2.45) is 5.73 Å². The number of nitrogens with two attached hydrogens (primary N) is 1. The van der Waals surface area contributed by atoms with Crippen LogP contribution in [0.15, 0.2) is 23.1 Å². The van der Waals surface area contributed by atoms with Crippen LogP contribution in [0, 0.1) is 11.8 Å². The number of sulfonamides is 1. The molecule has 2 rings (SSSR count). The molecule has 0 aliphatic carbocycles. The monoisotopic (exact) mass is 298 g/mol. The van der Waals surface area contributed by atoms with Gasteiger partial charge in [-0.3, -0.25) is 0 Å². The number of halogens is 1. The van der Waals surface area contributed by atoms with Crippen LogP contribution in [0.2, 0.25) is 5.02 Å². The predicted octanol–water partition coefficient (Wildman–Crippen LogP) is 1.43. The van der Waals surface area contributed by atoms with E-state index in [4.69, 9.17) is 17.3 Å². The molecule has 1 aromatic carbocycles. The molecule has 4 nitrogen and oxygen atoms in total. The van der Waals surface area contributed by atoms with Crippen molar-refractivity contribution in [1.82, 2.24) is 4.31 Å². The van der Waals surface area contributed by atoms with E-state index in [0.717, 1.165) is 12.8 Å². The van der Waals surface area contributed by atoms with Gasteiger partial charge in [-0.25, -0.2) is 8.42 Å². The summed E-state index contributed by atoms with van der Waals surface area (Å²) in [5, 5.41) is 0.204. The van der Waals surface area contributed by atoms with Gasteiger partial charge in [-0.1, -0.05) is 23.4 Å². The third-order valence-corrected chi connectivity index (χ3v) is 5.33. The number of benzene rings is 1. The van der Waals surface area contributed by atoms with Gasteiger partial charge in [0.15, 0.2) is 0 Å². The lowest BCUT2D eigenvalue weighted by Crippen LogP contribution is -2.28. The molecule has 1 saturated heterocycles. The number of rotatable bonds is 2. The van der Waals surface area contributed by atoms with Crippen molar-refractivity contribution in [2.75, 3.05) is 19.6 Å². The van der Waals surface area contributed by atoms with Crippen molar-refractivity contribution in [1.29, 1.82) is 0 Å². The maximum Gasteiger partial charge on any atom is 0.244 e. The molecule has 102 valence electrons. The third kappa shape index (κ3) is 3.10. The molecule has 0 unspecified atom stereocenters. The smallest absolute Gasteiger partial charge is 0.244 e. The van der Waals surface area contributed by atoms with Gasteiger partial charge < -0.3 is 5.73 Å². The maximum absolute atomic E-state index is 12.4. The molecule has 0 amide bonds. The van der Waals surface area contributed by atoms with Crippen LogP contribution in [0.25, 0.3) is 0 Å². The summed E-state index contributed by atoms with van der Waals surface area (Å²) in [6, 6.07) is 4.72. The van der Waals surface area contributed by atoms with Gasteiger partial charge >= 0.3 is 0 Å². The quantitative estimate of drug-likeness (QED) is 0.840. The lowest BCUT2D eigenvalue weighted by atomic mass is 10.2. The molecule has 19 heavy (non-hydrogen) atoms. The Balaban J connectivity index is 2.35. The van der Waals surface area contributed by atoms with E-state index >= 15 is 0 Å². The SMILES string of the molecule is NCC#Cc1ccc(S(=O)(=O)N2CCCC2)c(Cl)c1. The summed E-state index contributed by atoms with van der Waals surface area (Å²) in [4.78, 5) is 0.148. The molecule has 1 heterocycles. The van der Waals surface area contributed by atoms with E-state index in [-0.39, 0.29) is 16.5 Å². The van der Waals surface area contributed by atoms with Crippen LogP contribution in [0.1, 0.15) is 18.4 Å². The minimum atomic E-state index is -3.48. The fraction of sp³-hybridized carbons (Fsp3) is 0.385. The van der Waals surface area contributed by atoms with Crippen molar-refractivity contribution in [3.63, 3.8) is 0 Å². The summed E-state index contributed by atoms with van der Waals surface area (Å²) in [5.41, 5.74) is 5.95. The lowest BCUT2D eigenvalue weighted by molar-refractivity contribution is 0.477. The zero-order valence-electron chi connectivity index (χ0n) is 10.4. The van der Waals surface area contributed by atoms with Gasteiger partial charge in [0.25, 0.3) is 0 Å². The summed E-state index contributed by atoms with van der Waals surface area (Å²) in [6.07, 6.45) is 1.80. The van der Waals surface area contributed by atoms with Crippen molar-refractivity contribution >= 4 is 21.6 Å². The Labute approximate surface area is 118 Å². The van der Waals surface area contributed by atoms with Gasteiger partial charge in [-0.2, -0.15) is 4.31 Å². The van der Waals surface area contributed by atoms with Crippen LogP contribution in [0.4, 0.5) is 0 Å². The van der Waals surface area contributed by atoms with Gasteiger partial charge in [0, 0.05) is 18.7 Å². The first-order valence-corrected chi connectivity index (χ1v) is 7.86. The third-order valence-electron chi connectivity index (χ3n) is 2.95. The molecule has 0 atom stereocenters. The molecule has 2 N–H and O–H groups in total. The Morgan fingerprint density at radius 1 is 1.32 bits per heavy atom. The zero-order chi connectivity index (χ0) is 13.9. The predicted molar refractivity (Wildman–Crippen MR) is 75.4 cm³/mol. The second-order valence-corrected chi connectivity index (χ2v) is 6.58. The number of nitrogens with zero attached hydrogens (tertiary/aromatic N) is 1. The van der Waals surface area contributed by atoms with Crippen molar-refractivity contribution in [3.8, 4) is 11.8 Å². The molecule has 0 spiro atoms.